The summed E-state index contributed by atoms with van der Waals surface area (Å²) in [5.41, 5.74) is 2.24. The normalized spacial score (nSPS) is 24.2. The Kier molecular flexibility index (Phi) is 4.02. The minimum Gasteiger partial charge on any atom is -0.481 e. The van der Waals surface area contributed by atoms with Gasteiger partial charge in [-0.2, -0.15) is 0 Å². The van der Waals surface area contributed by atoms with Crippen molar-refractivity contribution in [2.45, 2.75) is 38.7 Å². The van der Waals surface area contributed by atoms with Crippen LogP contribution in [0.5, 0.6) is 0 Å². The fourth-order valence-corrected chi connectivity index (χ4v) is 2.43. The van der Waals surface area contributed by atoms with Gasteiger partial charge < -0.3 is 9.84 Å². The molecule has 2 atom stereocenters. The van der Waals surface area contributed by atoms with Gasteiger partial charge in [-0.1, -0.05) is 38.1 Å². The number of carbonyl (C=O) groups is 1. The summed E-state index contributed by atoms with van der Waals surface area (Å²) in [7, 11) is 0. The molecule has 2 rings (SSSR count). The highest BCUT2D eigenvalue weighted by molar-refractivity contribution is 5.71. The van der Waals surface area contributed by atoms with E-state index >= 15 is 0 Å². The lowest BCUT2D eigenvalue weighted by Gasteiger charge is -2.29. The fourth-order valence-electron chi connectivity index (χ4n) is 2.43. The van der Waals surface area contributed by atoms with Gasteiger partial charge in [0.15, 0.2) is 0 Å². The maximum atomic E-state index is 11.2. The van der Waals surface area contributed by atoms with Crippen LogP contribution in [0, 0.1) is 5.92 Å². The Hall–Kier alpha value is -1.35. The number of carboxylic acid groups (broad SMARTS) is 1. The van der Waals surface area contributed by atoms with Crippen LogP contribution in [-0.2, 0) is 9.53 Å². The van der Waals surface area contributed by atoms with Gasteiger partial charge in [-0.15, -0.1) is 0 Å². The second-order valence-corrected chi connectivity index (χ2v) is 5.20. The summed E-state index contributed by atoms with van der Waals surface area (Å²) in [6.07, 6.45) is 1.24. The van der Waals surface area contributed by atoms with Crippen LogP contribution in [0.3, 0.4) is 0 Å². The van der Waals surface area contributed by atoms with Crippen molar-refractivity contribution in [2.75, 3.05) is 6.61 Å². The molecule has 1 N–H and O–H groups in total. The Bertz CT molecular complexity index is 408. The van der Waals surface area contributed by atoms with Gasteiger partial charge >= 0.3 is 5.97 Å². The largest absolute Gasteiger partial charge is 0.481 e. The smallest absolute Gasteiger partial charge is 0.309 e. The second kappa shape index (κ2) is 5.53. The summed E-state index contributed by atoms with van der Waals surface area (Å²) in [5, 5.41) is 9.23. The van der Waals surface area contributed by atoms with E-state index in [1.54, 1.807) is 0 Å². The standard InChI is InChI=1S/C15H20O3/c1-10(2)11-5-7-12(8-6-11)14-13(15(16)17)4-3-9-18-14/h5-8,10,13-14H,3-4,9H2,1-2H3,(H,16,17). The summed E-state index contributed by atoms with van der Waals surface area (Å²) in [4.78, 5) is 11.2. The molecule has 0 spiro atoms. The lowest BCUT2D eigenvalue weighted by atomic mass is 9.88. The number of hydrogen-bond donors (Lipinski definition) is 1. The molecule has 1 fully saturated rings. The summed E-state index contributed by atoms with van der Waals surface area (Å²) < 4.78 is 5.66. The maximum absolute atomic E-state index is 11.2. The Morgan fingerprint density at radius 2 is 2.00 bits per heavy atom. The first-order valence-electron chi connectivity index (χ1n) is 6.54. The van der Waals surface area contributed by atoms with Crippen molar-refractivity contribution in [1.82, 2.24) is 0 Å². The van der Waals surface area contributed by atoms with Crippen LogP contribution >= 0.6 is 0 Å². The van der Waals surface area contributed by atoms with Gasteiger partial charge in [-0.3, -0.25) is 4.79 Å². The number of benzene rings is 1. The lowest BCUT2D eigenvalue weighted by Crippen LogP contribution is -2.28. The van der Waals surface area contributed by atoms with E-state index in [9.17, 15) is 9.90 Å². The van der Waals surface area contributed by atoms with Crippen molar-refractivity contribution >= 4 is 5.97 Å². The third-order valence-electron chi connectivity index (χ3n) is 3.57. The third-order valence-corrected chi connectivity index (χ3v) is 3.57. The molecule has 0 saturated carbocycles. The van der Waals surface area contributed by atoms with E-state index in [0.717, 1.165) is 12.0 Å². The van der Waals surface area contributed by atoms with Crippen LogP contribution in [0.2, 0.25) is 0 Å². The topological polar surface area (TPSA) is 46.5 Å². The molecule has 0 aromatic heterocycles. The van der Waals surface area contributed by atoms with Crippen LogP contribution in [0.4, 0.5) is 0 Å². The summed E-state index contributed by atoms with van der Waals surface area (Å²) in [5.74, 6) is -0.683. The van der Waals surface area contributed by atoms with E-state index in [1.807, 2.05) is 12.1 Å². The van der Waals surface area contributed by atoms with Crippen molar-refractivity contribution in [2.24, 2.45) is 5.92 Å². The van der Waals surface area contributed by atoms with E-state index in [0.29, 0.717) is 18.9 Å². The fraction of sp³-hybridized carbons (Fsp3) is 0.533. The van der Waals surface area contributed by atoms with Crippen LogP contribution < -0.4 is 0 Å². The minimum absolute atomic E-state index is 0.294. The number of aliphatic carboxylic acids is 1. The van der Waals surface area contributed by atoms with Gasteiger partial charge in [0.05, 0.1) is 12.0 Å². The predicted octanol–water partition coefficient (Wildman–Crippen LogP) is 3.36. The first-order chi connectivity index (χ1) is 8.59. The Balaban J connectivity index is 2.20. The highest BCUT2D eigenvalue weighted by Crippen LogP contribution is 2.34. The number of hydrogen-bond acceptors (Lipinski definition) is 2. The van der Waals surface area contributed by atoms with Crippen LogP contribution in [-0.4, -0.2) is 17.7 Å². The Morgan fingerprint density at radius 1 is 1.33 bits per heavy atom. The van der Waals surface area contributed by atoms with Crippen molar-refractivity contribution in [1.29, 1.82) is 0 Å². The van der Waals surface area contributed by atoms with Crippen LogP contribution in [0.1, 0.15) is 49.8 Å². The highest BCUT2D eigenvalue weighted by atomic mass is 16.5. The molecule has 3 heteroatoms. The molecule has 98 valence electrons. The zero-order valence-electron chi connectivity index (χ0n) is 10.9. The van der Waals surface area contributed by atoms with Gasteiger partial charge in [0.1, 0.15) is 0 Å². The van der Waals surface area contributed by atoms with Gasteiger partial charge in [0.2, 0.25) is 0 Å². The van der Waals surface area contributed by atoms with Gasteiger partial charge in [0.25, 0.3) is 0 Å². The molecule has 0 bridgehead atoms. The van der Waals surface area contributed by atoms with Crippen LogP contribution in [0.25, 0.3) is 0 Å². The summed E-state index contributed by atoms with van der Waals surface area (Å²) >= 11 is 0. The van der Waals surface area contributed by atoms with Crippen molar-refractivity contribution in [3.63, 3.8) is 0 Å². The van der Waals surface area contributed by atoms with Gasteiger partial charge in [0, 0.05) is 6.61 Å². The molecule has 1 heterocycles. The average Bonchev–Trinajstić information content (AvgIpc) is 2.39. The third kappa shape index (κ3) is 2.72. The summed E-state index contributed by atoms with van der Waals surface area (Å²) in [6, 6.07) is 8.14. The number of ether oxygens (including phenoxy) is 1. The zero-order valence-corrected chi connectivity index (χ0v) is 10.9. The van der Waals surface area contributed by atoms with E-state index in [2.05, 4.69) is 26.0 Å². The molecule has 18 heavy (non-hydrogen) atoms. The predicted molar refractivity (Wildman–Crippen MR) is 69.6 cm³/mol. The molecule has 1 aromatic rings. The molecule has 0 aliphatic carbocycles. The Labute approximate surface area is 108 Å². The quantitative estimate of drug-likeness (QED) is 0.892. The maximum Gasteiger partial charge on any atom is 0.309 e. The number of carboxylic acids is 1. The van der Waals surface area contributed by atoms with E-state index in [4.69, 9.17) is 4.74 Å². The molecule has 3 nitrogen and oxygen atoms in total. The first-order valence-corrected chi connectivity index (χ1v) is 6.54. The molecule has 2 unspecified atom stereocenters. The number of rotatable bonds is 3. The second-order valence-electron chi connectivity index (χ2n) is 5.20. The van der Waals surface area contributed by atoms with Gasteiger partial charge in [-0.05, 0) is 29.9 Å². The average molecular weight is 248 g/mol. The van der Waals surface area contributed by atoms with E-state index in [1.165, 1.54) is 5.56 Å². The van der Waals surface area contributed by atoms with Gasteiger partial charge in [-0.25, -0.2) is 0 Å². The molecule has 1 aromatic carbocycles. The lowest BCUT2D eigenvalue weighted by molar-refractivity contribution is -0.151. The molecule has 1 aliphatic heterocycles. The first kappa shape index (κ1) is 13.1. The molecule has 1 saturated heterocycles. The van der Waals surface area contributed by atoms with Crippen molar-refractivity contribution in [3.8, 4) is 0 Å². The monoisotopic (exact) mass is 248 g/mol. The molecule has 1 aliphatic rings. The van der Waals surface area contributed by atoms with Crippen LogP contribution in [0.15, 0.2) is 24.3 Å². The van der Waals surface area contributed by atoms with Crippen molar-refractivity contribution < 1.29 is 14.6 Å². The highest BCUT2D eigenvalue weighted by Gasteiger charge is 2.32. The van der Waals surface area contributed by atoms with E-state index < -0.39 is 11.9 Å². The molecular formula is C15H20O3. The minimum atomic E-state index is -0.757. The SMILES string of the molecule is CC(C)c1ccc(C2OCCCC2C(=O)O)cc1. The molecular weight excluding hydrogens is 228 g/mol. The zero-order chi connectivity index (χ0) is 13.1. The Morgan fingerprint density at radius 3 is 2.56 bits per heavy atom. The van der Waals surface area contributed by atoms with E-state index in [-0.39, 0.29) is 6.10 Å². The summed E-state index contributed by atoms with van der Waals surface area (Å²) in [6.45, 7) is 4.94. The molecule has 0 radical (unpaired) electrons. The van der Waals surface area contributed by atoms with Crippen molar-refractivity contribution in [3.05, 3.63) is 35.4 Å². The molecule has 0 amide bonds.